The maximum absolute atomic E-state index is 13.8. The number of halogens is 1. The quantitative estimate of drug-likeness (QED) is 0.870. The summed E-state index contributed by atoms with van der Waals surface area (Å²) in [6.07, 6.45) is 2.33. The Kier molecular flexibility index (Phi) is 4.32. The monoisotopic (exact) mass is 283 g/mol. The third-order valence-electron chi connectivity index (χ3n) is 2.61. The highest BCUT2D eigenvalue weighted by Crippen LogP contribution is 2.28. The molecule has 0 aromatic heterocycles. The average molecular weight is 283 g/mol. The Morgan fingerprint density at radius 2 is 2.00 bits per heavy atom. The van der Waals surface area contributed by atoms with E-state index in [4.69, 9.17) is 15.1 Å². The molecule has 0 aliphatic rings. The number of ether oxygens (including phenoxy) is 1. The van der Waals surface area contributed by atoms with Gasteiger partial charge >= 0.3 is 5.97 Å². The summed E-state index contributed by atoms with van der Waals surface area (Å²) in [6, 6.07) is 12.3. The van der Waals surface area contributed by atoms with Crippen LogP contribution in [0.4, 0.5) is 4.39 Å². The van der Waals surface area contributed by atoms with Crippen molar-refractivity contribution < 1.29 is 19.0 Å². The van der Waals surface area contributed by atoms with Crippen LogP contribution in [0.15, 0.2) is 48.5 Å². The van der Waals surface area contributed by atoms with E-state index in [1.807, 2.05) is 6.07 Å². The molecule has 21 heavy (non-hydrogen) atoms. The molecule has 0 heterocycles. The minimum absolute atomic E-state index is 0.0369. The van der Waals surface area contributed by atoms with Gasteiger partial charge in [-0.05, 0) is 30.3 Å². The van der Waals surface area contributed by atoms with Crippen molar-refractivity contribution in [1.82, 2.24) is 0 Å². The van der Waals surface area contributed by atoms with Crippen LogP contribution < -0.4 is 4.74 Å². The fourth-order valence-electron chi connectivity index (χ4n) is 1.64. The average Bonchev–Trinajstić information content (AvgIpc) is 2.48. The lowest BCUT2D eigenvalue weighted by atomic mass is 10.2. The van der Waals surface area contributed by atoms with Crippen LogP contribution in [0, 0.1) is 17.1 Å². The predicted octanol–water partition coefficient (Wildman–Crippen LogP) is 3.59. The second-order valence-corrected chi connectivity index (χ2v) is 4.07. The zero-order chi connectivity index (χ0) is 15.2. The van der Waals surface area contributed by atoms with Crippen molar-refractivity contribution in [3.63, 3.8) is 0 Å². The van der Waals surface area contributed by atoms with Crippen LogP contribution in [0.2, 0.25) is 0 Å². The number of rotatable bonds is 4. The van der Waals surface area contributed by atoms with Crippen LogP contribution in [-0.4, -0.2) is 11.1 Å². The van der Waals surface area contributed by atoms with Gasteiger partial charge in [0.15, 0.2) is 11.6 Å². The zero-order valence-corrected chi connectivity index (χ0v) is 10.8. The lowest BCUT2D eigenvalue weighted by molar-refractivity contribution is -0.131. The number of hydrogen-bond donors (Lipinski definition) is 1. The van der Waals surface area contributed by atoms with E-state index < -0.39 is 11.8 Å². The summed E-state index contributed by atoms with van der Waals surface area (Å²) in [5.74, 6) is -1.47. The Bertz CT molecular complexity index is 747. The van der Waals surface area contributed by atoms with Gasteiger partial charge in [0.25, 0.3) is 0 Å². The number of hydrogen-bond acceptors (Lipinski definition) is 3. The number of carboxylic acid groups (broad SMARTS) is 1. The van der Waals surface area contributed by atoms with Gasteiger partial charge in [0, 0.05) is 11.6 Å². The molecular formula is C16H10FNO3. The van der Waals surface area contributed by atoms with E-state index in [0.717, 1.165) is 12.1 Å². The summed E-state index contributed by atoms with van der Waals surface area (Å²) >= 11 is 0. The molecule has 0 radical (unpaired) electrons. The van der Waals surface area contributed by atoms with Gasteiger partial charge in [0.05, 0.1) is 11.6 Å². The molecule has 2 aromatic carbocycles. The largest absolute Gasteiger partial charge is 0.478 e. The first-order chi connectivity index (χ1) is 10.1. The van der Waals surface area contributed by atoms with Crippen molar-refractivity contribution in [3.05, 3.63) is 65.5 Å². The standard InChI is InChI=1S/C16H10FNO3/c17-13-9-11(10-18)5-7-15(13)21-14-4-2-1-3-12(14)6-8-16(19)20/h1-9H,(H,19,20)/b8-6+. The smallest absolute Gasteiger partial charge is 0.328 e. The summed E-state index contributed by atoms with van der Waals surface area (Å²) < 4.78 is 19.2. The highest BCUT2D eigenvalue weighted by atomic mass is 19.1. The normalized spacial score (nSPS) is 10.3. The van der Waals surface area contributed by atoms with E-state index in [0.29, 0.717) is 11.3 Å². The fourth-order valence-corrected chi connectivity index (χ4v) is 1.64. The van der Waals surface area contributed by atoms with Gasteiger partial charge in [-0.25, -0.2) is 9.18 Å². The summed E-state index contributed by atoms with van der Waals surface area (Å²) in [4.78, 5) is 10.5. The molecule has 2 rings (SSSR count). The third kappa shape index (κ3) is 3.67. The first-order valence-electron chi connectivity index (χ1n) is 5.97. The van der Waals surface area contributed by atoms with E-state index in [2.05, 4.69) is 0 Å². The van der Waals surface area contributed by atoms with Gasteiger partial charge < -0.3 is 9.84 Å². The number of nitriles is 1. The van der Waals surface area contributed by atoms with E-state index in [1.165, 1.54) is 18.2 Å². The van der Waals surface area contributed by atoms with Gasteiger partial charge in [-0.1, -0.05) is 18.2 Å². The van der Waals surface area contributed by atoms with Gasteiger partial charge in [0.1, 0.15) is 5.75 Å². The summed E-state index contributed by atoms with van der Waals surface area (Å²) in [5, 5.41) is 17.3. The Morgan fingerprint density at radius 1 is 1.24 bits per heavy atom. The van der Waals surface area contributed by atoms with Crippen molar-refractivity contribution in [2.24, 2.45) is 0 Å². The van der Waals surface area contributed by atoms with Crippen LogP contribution in [0.25, 0.3) is 6.08 Å². The van der Waals surface area contributed by atoms with Crippen LogP contribution >= 0.6 is 0 Å². The highest BCUT2D eigenvalue weighted by Gasteiger charge is 2.08. The number of para-hydroxylation sites is 1. The van der Waals surface area contributed by atoms with E-state index >= 15 is 0 Å². The Morgan fingerprint density at radius 3 is 2.67 bits per heavy atom. The lowest BCUT2D eigenvalue weighted by Gasteiger charge is -2.09. The molecule has 0 bridgehead atoms. The molecule has 0 spiro atoms. The molecule has 104 valence electrons. The van der Waals surface area contributed by atoms with Crippen LogP contribution in [0.5, 0.6) is 11.5 Å². The predicted molar refractivity (Wildman–Crippen MR) is 74.3 cm³/mol. The van der Waals surface area contributed by atoms with E-state index in [9.17, 15) is 9.18 Å². The minimum Gasteiger partial charge on any atom is -0.478 e. The molecule has 0 aliphatic carbocycles. The molecular weight excluding hydrogens is 273 g/mol. The molecule has 0 saturated carbocycles. The molecule has 4 nitrogen and oxygen atoms in total. The van der Waals surface area contributed by atoms with Gasteiger partial charge in [-0.2, -0.15) is 5.26 Å². The molecule has 5 heteroatoms. The molecule has 2 aromatic rings. The number of aliphatic carboxylic acids is 1. The topological polar surface area (TPSA) is 70.3 Å². The summed E-state index contributed by atoms with van der Waals surface area (Å²) in [5.41, 5.74) is 0.697. The molecule has 0 fully saturated rings. The second-order valence-electron chi connectivity index (χ2n) is 4.07. The molecule has 1 N–H and O–H groups in total. The summed E-state index contributed by atoms with van der Waals surface area (Å²) in [7, 11) is 0. The van der Waals surface area contributed by atoms with Crippen LogP contribution in [0.1, 0.15) is 11.1 Å². The van der Waals surface area contributed by atoms with Crippen molar-refractivity contribution in [3.8, 4) is 17.6 Å². The Balaban J connectivity index is 2.32. The Hall–Kier alpha value is -3.13. The number of nitrogens with zero attached hydrogens (tertiary/aromatic N) is 1. The molecule has 0 amide bonds. The fraction of sp³-hybridized carbons (Fsp3) is 0. The van der Waals surface area contributed by atoms with E-state index in [1.54, 1.807) is 24.3 Å². The third-order valence-corrected chi connectivity index (χ3v) is 2.61. The summed E-state index contributed by atoms with van der Waals surface area (Å²) in [6.45, 7) is 0. The first kappa shape index (κ1) is 14.3. The maximum atomic E-state index is 13.8. The van der Waals surface area contributed by atoms with Crippen LogP contribution in [-0.2, 0) is 4.79 Å². The molecule has 0 atom stereocenters. The van der Waals surface area contributed by atoms with Gasteiger partial charge in [-0.3, -0.25) is 0 Å². The zero-order valence-electron chi connectivity index (χ0n) is 10.8. The second kappa shape index (κ2) is 6.35. The van der Waals surface area contributed by atoms with Crippen molar-refractivity contribution in [2.45, 2.75) is 0 Å². The maximum Gasteiger partial charge on any atom is 0.328 e. The molecule has 0 unspecified atom stereocenters. The molecule has 0 aliphatic heterocycles. The van der Waals surface area contributed by atoms with Gasteiger partial charge in [0.2, 0.25) is 0 Å². The number of carboxylic acids is 1. The minimum atomic E-state index is -1.09. The van der Waals surface area contributed by atoms with Crippen molar-refractivity contribution in [2.75, 3.05) is 0 Å². The Labute approximate surface area is 120 Å². The first-order valence-corrected chi connectivity index (χ1v) is 5.97. The van der Waals surface area contributed by atoms with Crippen molar-refractivity contribution in [1.29, 1.82) is 5.26 Å². The SMILES string of the molecule is N#Cc1ccc(Oc2ccccc2/C=C/C(=O)O)c(F)c1. The van der Waals surface area contributed by atoms with Crippen molar-refractivity contribution >= 4 is 12.0 Å². The van der Waals surface area contributed by atoms with Gasteiger partial charge in [-0.15, -0.1) is 0 Å². The van der Waals surface area contributed by atoms with E-state index in [-0.39, 0.29) is 11.3 Å². The number of benzene rings is 2. The number of carbonyl (C=O) groups is 1. The highest BCUT2D eigenvalue weighted by molar-refractivity contribution is 5.85. The molecule has 0 saturated heterocycles. The van der Waals surface area contributed by atoms with Crippen LogP contribution in [0.3, 0.4) is 0 Å². The lowest BCUT2D eigenvalue weighted by Crippen LogP contribution is -1.92.